The van der Waals surface area contributed by atoms with Crippen LogP contribution in [0, 0.1) is 0 Å². The molecule has 0 atom stereocenters. The first kappa shape index (κ1) is 19.0. The minimum Gasteiger partial charge on any atom is -0.492 e. The van der Waals surface area contributed by atoms with Crippen LogP contribution < -0.4 is 9.64 Å². The Bertz CT molecular complexity index is 786. The van der Waals surface area contributed by atoms with E-state index >= 15 is 0 Å². The fourth-order valence-electron chi connectivity index (χ4n) is 2.97. The average Bonchev–Trinajstić information content (AvgIpc) is 2.71. The highest BCUT2D eigenvalue weighted by Crippen LogP contribution is 2.27. The van der Waals surface area contributed by atoms with Crippen LogP contribution in [-0.4, -0.2) is 38.7 Å². The summed E-state index contributed by atoms with van der Waals surface area (Å²) >= 11 is 0. The molecule has 0 saturated heterocycles. The quantitative estimate of drug-likeness (QED) is 0.534. The highest BCUT2D eigenvalue weighted by Gasteiger charge is 2.09. The summed E-state index contributed by atoms with van der Waals surface area (Å²) in [5, 5.41) is 0. The molecule has 0 aliphatic rings. The lowest BCUT2D eigenvalue weighted by molar-refractivity contribution is 0.261. The highest BCUT2D eigenvalue weighted by molar-refractivity contribution is 5.63. The van der Waals surface area contributed by atoms with E-state index in [1.165, 1.54) is 16.9 Å². The second kappa shape index (κ2) is 9.79. The fraction of sp³-hybridized carbons (Fsp3) is 0.250. The van der Waals surface area contributed by atoms with Crippen molar-refractivity contribution < 1.29 is 4.74 Å². The molecule has 0 bridgehead atoms. The van der Waals surface area contributed by atoms with E-state index in [1.54, 1.807) is 0 Å². The molecule has 3 aromatic carbocycles. The zero-order chi connectivity index (χ0) is 18.9. The summed E-state index contributed by atoms with van der Waals surface area (Å²) in [7, 11) is 4.11. The number of anilines is 2. The van der Waals surface area contributed by atoms with Crippen LogP contribution >= 0.6 is 0 Å². The normalized spacial score (nSPS) is 10.8. The molecule has 3 nitrogen and oxygen atoms in total. The molecule has 0 heterocycles. The number of nitrogens with zero attached hydrogens (tertiary/aromatic N) is 2. The van der Waals surface area contributed by atoms with Crippen LogP contribution in [0.25, 0.3) is 0 Å². The Kier molecular flexibility index (Phi) is 6.89. The van der Waals surface area contributed by atoms with Crippen molar-refractivity contribution in [3.8, 4) is 5.75 Å². The molecule has 0 radical (unpaired) electrons. The van der Waals surface area contributed by atoms with Crippen molar-refractivity contribution in [2.75, 3.05) is 38.7 Å². The van der Waals surface area contributed by atoms with Crippen LogP contribution in [0.1, 0.15) is 5.56 Å². The number of likely N-dealkylation sites (N-methyl/N-ethyl adjacent to an activating group) is 1. The predicted octanol–water partition coefficient (Wildman–Crippen LogP) is 5.01. The lowest BCUT2D eigenvalue weighted by Gasteiger charge is -2.25. The molecule has 0 spiro atoms. The lowest BCUT2D eigenvalue weighted by Crippen LogP contribution is -2.20. The van der Waals surface area contributed by atoms with E-state index in [2.05, 4.69) is 109 Å². The van der Waals surface area contributed by atoms with E-state index in [9.17, 15) is 0 Å². The van der Waals surface area contributed by atoms with E-state index in [4.69, 9.17) is 4.74 Å². The van der Waals surface area contributed by atoms with Crippen molar-refractivity contribution in [3.63, 3.8) is 0 Å². The van der Waals surface area contributed by atoms with Gasteiger partial charge in [0.05, 0.1) is 0 Å². The third-order valence-corrected chi connectivity index (χ3v) is 4.49. The Morgan fingerprint density at radius 3 is 1.89 bits per heavy atom. The van der Waals surface area contributed by atoms with Gasteiger partial charge in [0.2, 0.25) is 0 Å². The second-order valence-electron chi connectivity index (χ2n) is 6.87. The zero-order valence-electron chi connectivity index (χ0n) is 16.2. The smallest absolute Gasteiger partial charge is 0.119 e. The predicted molar refractivity (Wildman–Crippen MR) is 114 cm³/mol. The van der Waals surface area contributed by atoms with Crippen molar-refractivity contribution in [2.24, 2.45) is 0 Å². The van der Waals surface area contributed by atoms with Crippen LogP contribution in [0.5, 0.6) is 5.75 Å². The van der Waals surface area contributed by atoms with E-state index in [1.807, 2.05) is 0 Å². The van der Waals surface area contributed by atoms with E-state index in [0.717, 1.165) is 25.3 Å². The third kappa shape index (κ3) is 5.87. The molecule has 3 rings (SSSR count). The number of ether oxygens (including phenoxy) is 1. The molecule has 0 unspecified atom stereocenters. The fourth-order valence-corrected chi connectivity index (χ4v) is 2.97. The maximum absolute atomic E-state index is 5.83. The van der Waals surface area contributed by atoms with Crippen LogP contribution in [0.2, 0.25) is 0 Å². The van der Waals surface area contributed by atoms with Crippen molar-refractivity contribution in [1.82, 2.24) is 4.90 Å². The molecule has 140 valence electrons. The van der Waals surface area contributed by atoms with Crippen LogP contribution in [-0.2, 0) is 6.42 Å². The van der Waals surface area contributed by atoms with Gasteiger partial charge < -0.3 is 14.5 Å². The van der Waals surface area contributed by atoms with Crippen LogP contribution in [0.15, 0.2) is 84.9 Å². The molecular formula is C24H28N2O. The van der Waals surface area contributed by atoms with E-state index in [0.29, 0.717) is 6.61 Å². The number of hydrogen-bond acceptors (Lipinski definition) is 3. The van der Waals surface area contributed by atoms with Gasteiger partial charge in [0.15, 0.2) is 0 Å². The second-order valence-corrected chi connectivity index (χ2v) is 6.87. The Balaban J connectivity index is 1.72. The first-order valence-corrected chi connectivity index (χ1v) is 9.46. The Morgan fingerprint density at radius 2 is 1.26 bits per heavy atom. The maximum Gasteiger partial charge on any atom is 0.119 e. The molecule has 3 heteroatoms. The summed E-state index contributed by atoms with van der Waals surface area (Å²) in [6.07, 6.45) is 0.997. The molecule has 0 fully saturated rings. The van der Waals surface area contributed by atoms with Crippen molar-refractivity contribution in [2.45, 2.75) is 6.42 Å². The van der Waals surface area contributed by atoms with Gasteiger partial charge in [-0.1, -0.05) is 48.5 Å². The van der Waals surface area contributed by atoms with Gasteiger partial charge in [-0.2, -0.15) is 0 Å². The highest BCUT2D eigenvalue weighted by atomic mass is 16.5. The summed E-state index contributed by atoms with van der Waals surface area (Å²) < 4.78 is 5.83. The van der Waals surface area contributed by atoms with Gasteiger partial charge in [-0.25, -0.2) is 0 Å². The van der Waals surface area contributed by atoms with Gasteiger partial charge in [-0.05, 0) is 62.5 Å². The zero-order valence-corrected chi connectivity index (χ0v) is 16.2. The van der Waals surface area contributed by atoms with Gasteiger partial charge in [-0.15, -0.1) is 0 Å². The summed E-state index contributed by atoms with van der Waals surface area (Å²) in [4.78, 5) is 4.48. The van der Waals surface area contributed by atoms with Gasteiger partial charge >= 0.3 is 0 Å². The molecule has 0 aromatic heterocycles. The third-order valence-electron chi connectivity index (χ3n) is 4.49. The Hall–Kier alpha value is -2.78. The first-order chi connectivity index (χ1) is 13.2. The number of hydrogen-bond donors (Lipinski definition) is 0. The molecule has 0 saturated carbocycles. The minimum absolute atomic E-state index is 0.697. The maximum atomic E-state index is 5.83. The largest absolute Gasteiger partial charge is 0.492 e. The van der Waals surface area contributed by atoms with Crippen LogP contribution in [0.4, 0.5) is 11.4 Å². The molecule has 0 aliphatic carbocycles. The molecular weight excluding hydrogens is 332 g/mol. The van der Waals surface area contributed by atoms with Crippen LogP contribution in [0.3, 0.4) is 0 Å². The van der Waals surface area contributed by atoms with Crippen molar-refractivity contribution in [1.29, 1.82) is 0 Å². The summed E-state index contributed by atoms with van der Waals surface area (Å²) in [6, 6.07) is 29.6. The number of para-hydroxylation sites is 1. The van der Waals surface area contributed by atoms with Gasteiger partial charge in [0.25, 0.3) is 0 Å². The number of benzene rings is 3. The molecule has 0 aliphatic heterocycles. The average molecular weight is 361 g/mol. The molecule has 0 N–H and O–H groups in total. The monoisotopic (exact) mass is 360 g/mol. The van der Waals surface area contributed by atoms with Gasteiger partial charge in [0, 0.05) is 24.5 Å². The van der Waals surface area contributed by atoms with E-state index < -0.39 is 0 Å². The van der Waals surface area contributed by atoms with Gasteiger partial charge in [0.1, 0.15) is 12.4 Å². The SMILES string of the molecule is CN(C)CCOc1ccc(N(CCc2ccccc2)c2ccccc2)cc1. The first-order valence-electron chi connectivity index (χ1n) is 9.46. The van der Waals surface area contributed by atoms with Gasteiger partial charge in [-0.3, -0.25) is 0 Å². The topological polar surface area (TPSA) is 15.7 Å². The summed E-state index contributed by atoms with van der Waals surface area (Å²) in [5.41, 5.74) is 3.73. The van der Waals surface area contributed by atoms with Crippen molar-refractivity contribution >= 4 is 11.4 Å². The van der Waals surface area contributed by atoms with E-state index in [-0.39, 0.29) is 0 Å². The minimum atomic E-state index is 0.697. The Morgan fingerprint density at radius 1 is 0.667 bits per heavy atom. The number of rotatable bonds is 9. The standard InChI is InChI=1S/C24H28N2O/c1-25(2)19-20-27-24-15-13-23(14-16-24)26(22-11-7-4-8-12-22)18-17-21-9-5-3-6-10-21/h3-16H,17-20H2,1-2H3. The molecule has 3 aromatic rings. The summed E-state index contributed by atoms with van der Waals surface area (Å²) in [6.45, 7) is 2.53. The molecule has 0 amide bonds. The van der Waals surface area contributed by atoms with Crippen molar-refractivity contribution in [3.05, 3.63) is 90.5 Å². The summed E-state index contributed by atoms with van der Waals surface area (Å²) in [5.74, 6) is 0.914. The Labute approximate surface area is 162 Å². The lowest BCUT2D eigenvalue weighted by atomic mass is 10.1. The molecule has 27 heavy (non-hydrogen) atoms.